The van der Waals surface area contributed by atoms with Crippen molar-refractivity contribution in [3.8, 4) is 0 Å². The van der Waals surface area contributed by atoms with Crippen molar-refractivity contribution in [3.63, 3.8) is 0 Å². The fourth-order valence-electron chi connectivity index (χ4n) is 3.94. The van der Waals surface area contributed by atoms with Crippen molar-refractivity contribution in [1.29, 1.82) is 0 Å². The summed E-state index contributed by atoms with van der Waals surface area (Å²) in [6.07, 6.45) is 5.43. The molecule has 24 heavy (non-hydrogen) atoms. The van der Waals surface area contributed by atoms with Crippen LogP contribution in [0.1, 0.15) is 37.7 Å². The molecule has 1 aromatic heterocycles. The molecule has 2 fully saturated rings. The lowest BCUT2D eigenvalue weighted by molar-refractivity contribution is 0.696. The molecule has 0 radical (unpaired) electrons. The van der Waals surface area contributed by atoms with Gasteiger partial charge >= 0.3 is 0 Å². The Morgan fingerprint density at radius 3 is 2.50 bits per heavy atom. The van der Waals surface area contributed by atoms with E-state index in [-0.39, 0.29) is 0 Å². The van der Waals surface area contributed by atoms with Gasteiger partial charge in [0, 0.05) is 42.1 Å². The van der Waals surface area contributed by atoms with Gasteiger partial charge in [0.2, 0.25) is 0 Å². The molecule has 3 heterocycles. The summed E-state index contributed by atoms with van der Waals surface area (Å²) in [5.41, 5.74) is 1.42. The van der Waals surface area contributed by atoms with E-state index in [4.69, 9.17) is 0 Å². The molecule has 2 aliphatic rings. The molecule has 126 valence electrons. The van der Waals surface area contributed by atoms with Crippen LogP contribution in [-0.4, -0.2) is 35.6 Å². The summed E-state index contributed by atoms with van der Waals surface area (Å²) in [4.78, 5) is 13.9. The van der Waals surface area contributed by atoms with Crippen molar-refractivity contribution in [2.24, 2.45) is 0 Å². The average Bonchev–Trinajstić information content (AvgIpc) is 3.25. The maximum Gasteiger partial charge on any atom is 0.134 e. The zero-order valence-corrected chi connectivity index (χ0v) is 15.6. The predicted molar refractivity (Wildman–Crippen MR) is 102 cm³/mol. The normalized spacial score (nSPS) is 23.9. The van der Waals surface area contributed by atoms with Crippen molar-refractivity contribution < 1.29 is 0 Å². The maximum absolute atomic E-state index is 4.57. The van der Waals surface area contributed by atoms with Crippen molar-refractivity contribution in [3.05, 3.63) is 46.7 Å². The molecule has 0 amide bonds. The standard InChI is InChI=1S/C19H23BrN4/c1-14-10-16(15-4-6-17(20)7-5-15)12-24(14)19-11-18(21-13-22-19)23-8-2-3-9-23/h4-7,11,13-14,16H,2-3,8-10,12H2,1H3. The van der Waals surface area contributed by atoms with Gasteiger partial charge in [-0.1, -0.05) is 28.1 Å². The molecule has 0 saturated carbocycles. The topological polar surface area (TPSA) is 32.3 Å². The predicted octanol–water partition coefficient (Wildman–Crippen LogP) is 4.22. The van der Waals surface area contributed by atoms with Crippen LogP contribution in [0.25, 0.3) is 0 Å². The van der Waals surface area contributed by atoms with E-state index in [2.05, 4.69) is 73.0 Å². The van der Waals surface area contributed by atoms with Crippen LogP contribution in [0.5, 0.6) is 0 Å². The third-order valence-corrected chi connectivity index (χ3v) is 5.81. The highest BCUT2D eigenvalue weighted by atomic mass is 79.9. The van der Waals surface area contributed by atoms with E-state index in [0.29, 0.717) is 12.0 Å². The van der Waals surface area contributed by atoms with E-state index in [1.807, 2.05) is 0 Å². The summed E-state index contributed by atoms with van der Waals surface area (Å²) in [7, 11) is 0. The average molecular weight is 387 g/mol. The van der Waals surface area contributed by atoms with Crippen LogP contribution < -0.4 is 9.80 Å². The fraction of sp³-hybridized carbons (Fsp3) is 0.474. The van der Waals surface area contributed by atoms with Crippen LogP contribution in [0.3, 0.4) is 0 Å². The van der Waals surface area contributed by atoms with Gasteiger partial charge in [-0.05, 0) is 43.9 Å². The lowest BCUT2D eigenvalue weighted by atomic mass is 9.97. The summed E-state index contributed by atoms with van der Waals surface area (Å²) in [6.45, 7) is 5.57. The largest absolute Gasteiger partial charge is 0.356 e. The molecule has 5 heteroatoms. The highest BCUT2D eigenvalue weighted by molar-refractivity contribution is 9.10. The molecule has 2 atom stereocenters. The number of halogens is 1. The maximum atomic E-state index is 4.57. The number of nitrogens with zero attached hydrogens (tertiary/aromatic N) is 4. The van der Waals surface area contributed by atoms with E-state index in [1.54, 1.807) is 6.33 Å². The van der Waals surface area contributed by atoms with Gasteiger partial charge in [0.1, 0.15) is 18.0 Å². The van der Waals surface area contributed by atoms with Gasteiger partial charge in [0.25, 0.3) is 0 Å². The van der Waals surface area contributed by atoms with Crippen molar-refractivity contribution in [1.82, 2.24) is 9.97 Å². The van der Waals surface area contributed by atoms with Gasteiger partial charge in [-0.3, -0.25) is 0 Å². The highest BCUT2D eigenvalue weighted by Crippen LogP contribution is 2.35. The minimum absolute atomic E-state index is 0.500. The van der Waals surface area contributed by atoms with E-state index in [1.165, 1.54) is 24.8 Å². The molecular weight excluding hydrogens is 364 g/mol. The Balaban J connectivity index is 1.54. The molecular formula is C19H23BrN4. The summed E-state index contributed by atoms with van der Waals surface area (Å²) < 4.78 is 1.14. The third-order valence-electron chi connectivity index (χ3n) is 5.28. The van der Waals surface area contributed by atoms with Crippen LogP contribution in [0.2, 0.25) is 0 Å². The molecule has 2 saturated heterocycles. The number of aromatic nitrogens is 2. The van der Waals surface area contributed by atoms with Crippen LogP contribution >= 0.6 is 15.9 Å². The molecule has 2 aliphatic heterocycles. The van der Waals surface area contributed by atoms with Gasteiger partial charge in [0.05, 0.1) is 0 Å². The zero-order chi connectivity index (χ0) is 16.5. The number of anilines is 2. The van der Waals surface area contributed by atoms with Gasteiger partial charge in [0.15, 0.2) is 0 Å². The molecule has 2 unspecified atom stereocenters. The molecule has 0 bridgehead atoms. The molecule has 0 spiro atoms. The number of rotatable bonds is 3. The molecule has 4 rings (SSSR count). The summed E-state index contributed by atoms with van der Waals surface area (Å²) in [5, 5.41) is 0. The molecule has 0 aliphatic carbocycles. The summed E-state index contributed by atoms with van der Waals surface area (Å²) in [5.74, 6) is 2.72. The first kappa shape index (κ1) is 15.9. The minimum atomic E-state index is 0.500. The van der Waals surface area contributed by atoms with E-state index in [9.17, 15) is 0 Å². The fourth-order valence-corrected chi connectivity index (χ4v) is 4.20. The smallest absolute Gasteiger partial charge is 0.134 e. The highest BCUT2D eigenvalue weighted by Gasteiger charge is 2.31. The monoisotopic (exact) mass is 386 g/mol. The van der Waals surface area contributed by atoms with E-state index in [0.717, 1.165) is 35.7 Å². The Morgan fingerprint density at radius 2 is 1.75 bits per heavy atom. The first-order valence-corrected chi connectivity index (χ1v) is 9.59. The lowest BCUT2D eigenvalue weighted by Gasteiger charge is -2.24. The quantitative estimate of drug-likeness (QED) is 0.790. The molecule has 1 aromatic carbocycles. The van der Waals surface area contributed by atoms with Crippen LogP contribution in [-0.2, 0) is 0 Å². The zero-order valence-electron chi connectivity index (χ0n) is 14.0. The van der Waals surface area contributed by atoms with Crippen LogP contribution in [0.4, 0.5) is 11.6 Å². The van der Waals surface area contributed by atoms with E-state index >= 15 is 0 Å². The van der Waals surface area contributed by atoms with Crippen molar-refractivity contribution in [2.45, 2.75) is 38.1 Å². The van der Waals surface area contributed by atoms with Crippen molar-refractivity contribution >= 4 is 27.6 Å². The number of benzene rings is 1. The number of hydrogen-bond donors (Lipinski definition) is 0. The second-order valence-electron chi connectivity index (χ2n) is 6.91. The van der Waals surface area contributed by atoms with Crippen molar-refractivity contribution in [2.75, 3.05) is 29.4 Å². The first-order chi connectivity index (χ1) is 11.7. The Labute approximate surface area is 152 Å². The number of hydrogen-bond acceptors (Lipinski definition) is 4. The minimum Gasteiger partial charge on any atom is -0.356 e. The summed E-state index contributed by atoms with van der Waals surface area (Å²) in [6, 6.07) is 11.4. The first-order valence-electron chi connectivity index (χ1n) is 8.80. The summed E-state index contributed by atoms with van der Waals surface area (Å²) >= 11 is 3.52. The Bertz CT molecular complexity index is 697. The van der Waals surface area contributed by atoms with E-state index < -0.39 is 0 Å². The Kier molecular flexibility index (Phi) is 4.44. The second-order valence-corrected chi connectivity index (χ2v) is 7.83. The van der Waals surface area contributed by atoms with Gasteiger partial charge in [-0.15, -0.1) is 0 Å². The third kappa shape index (κ3) is 3.14. The van der Waals surface area contributed by atoms with Gasteiger partial charge in [-0.2, -0.15) is 0 Å². The SMILES string of the molecule is CC1CC(c2ccc(Br)cc2)CN1c1cc(N2CCCC2)ncn1. The molecule has 0 N–H and O–H groups in total. The second kappa shape index (κ2) is 6.71. The Morgan fingerprint density at radius 1 is 1.04 bits per heavy atom. The van der Waals surface area contributed by atoms with Crippen LogP contribution in [0, 0.1) is 0 Å². The molecule has 2 aromatic rings. The lowest BCUT2D eigenvalue weighted by Crippen LogP contribution is -2.28. The Hall–Kier alpha value is -1.62. The van der Waals surface area contributed by atoms with Gasteiger partial charge in [-0.25, -0.2) is 9.97 Å². The van der Waals surface area contributed by atoms with Gasteiger partial charge < -0.3 is 9.80 Å². The molecule has 4 nitrogen and oxygen atoms in total. The van der Waals surface area contributed by atoms with Crippen LogP contribution in [0.15, 0.2) is 41.1 Å².